The van der Waals surface area contributed by atoms with E-state index < -0.39 is 5.82 Å². The SMILES string of the molecule is CC1CCN(C(=O)c2ccncc2F)C1CN. The third-order valence-corrected chi connectivity index (χ3v) is 3.39. The van der Waals surface area contributed by atoms with Crippen LogP contribution < -0.4 is 5.73 Å². The smallest absolute Gasteiger partial charge is 0.257 e. The zero-order valence-corrected chi connectivity index (χ0v) is 9.77. The maximum atomic E-state index is 13.5. The molecule has 1 fully saturated rings. The normalized spacial score (nSPS) is 24.1. The van der Waals surface area contributed by atoms with Crippen molar-refractivity contribution in [1.29, 1.82) is 0 Å². The minimum absolute atomic E-state index is 0.00932. The first-order chi connectivity index (χ1) is 8.15. The average molecular weight is 237 g/mol. The molecule has 0 aliphatic carbocycles. The molecule has 5 heteroatoms. The van der Waals surface area contributed by atoms with Crippen LogP contribution in [0.4, 0.5) is 4.39 Å². The summed E-state index contributed by atoms with van der Waals surface area (Å²) in [6.45, 7) is 3.12. The number of carbonyl (C=O) groups excluding carboxylic acids is 1. The molecule has 2 unspecified atom stereocenters. The van der Waals surface area contributed by atoms with Crippen molar-refractivity contribution in [3.63, 3.8) is 0 Å². The van der Waals surface area contributed by atoms with Gasteiger partial charge < -0.3 is 10.6 Å². The Balaban J connectivity index is 2.24. The summed E-state index contributed by atoms with van der Waals surface area (Å²) < 4.78 is 13.5. The second-order valence-electron chi connectivity index (χ2n) is 4.42. The summed E-state index contributed by atoms with van der Waals surface area (Å²) in [6, 6.07) is 1.42. The number of hydrogen-bond acceptors (Lipinski definition) is 3. The summed E-state index contributed by atoms with van der Waals surface area (Å²) in [5, 5.41) is 0. The van der Waals surface area contributed by atoms with E-state index in [1.165, 1.54) is 12.3 Å². The van der Waals surface area contributed by atoms with E-state index in [2.05, 4.69) is 11.9 Å². The molecule has 2 heterocycles. The predicted octanol–water partition coefficient (Wildman–Crippen LogP) is 1.03. The van der Waals surface area contributed by atoms with Crippen molar-refractivity contribution >= 4 is 5.91 Å². The molecule has 4 nitrogen and oxygen atoms in total. The maximum Gasteiger partial charge on any atom is 0.257 e. The van der Waals surface area contributed by atoms with Crippen molar-refractivity contribution in [1.82, 2.24) is 9.88 Å². The van der Waals surface area contributed by atoms with Gasteiger partial charge in [0.2, 0.25) is 0 Å². The number of amides is 1. The Morgan fingerprint density at radius 3 is 3.12 bits per heavy atom. The number of likely N-dealkylation sites (tertiary alicyclic amines) is 1. The highest BCUT2D eigenvalue weighted by molar-refractivity contribution is 5.94. The molecule has 1 aliphatic rings. The van der Waals surface area contributed by atoms with Crippen molar-refractivity contribution < 1.29 is 9.18 Å². The Hall–Kier alpha value is -1.49. The van der Waals surface area contributed by atoms with Gasteiger partial charge in [-0.25, -0.2) is 4.39 Å². The Morgan fingerprint density at radius 1 is 1.71 bits per heavy atom. The Kier molecular flexibility index (Phi) is 3.38. The number of pyridine rings is 1. The van der Waals surface area contributed by atoms with Crippen LogP contribution in [-0.2, 0) is 0 Å². The summed E-state index contributed by atoms with van der Waals surface area (Å²) >= 11 is 0. The molecule has 0 aromatic carbocycles. The van der Waals surface area contributed by atoms with Gasteiger partial charge in [-0.05, 0) is 18.4 Å². The highest BCUT2D eigenvalue weighted by Gasteiger charge is 2.34. The van der Waals surface area contributed by atoms with Gasteiger partial charge in [-0.15, -0.1) is 0 Å². The molecule has 1 aliphatic heterocycles. The maximum absolute atomic E-state index is 13.5. The lowest BCUT2D eigenvalue weighted by molar-refractivity contribution is 0.0722. The molecular formula is C12H16FN3O. The summed E-state index contributed by atoms with van der Waals surface area (Å²) in [5.74, 6) is -0.494. The van der Waals surface area contributed by atoms with E-state index in [1.54, 1.807) is 4.90 Å². The van der Waals surface area contributed by atoms with Crippen LogP contribution in [0, 0.1) is 11.7 Å². The summed E-state index contributed by atoms with van der Waals surface area (Å²) in [7, 11) is 0. The molecule has 92 valence electrons. The van der Waals surface area contributed by atoms with Crippen LogP contribution in [0.5, 0.6) is 0 Å². The monoisotopic (exact) mass is 237 g/mol. The van der Waals surface area contributed by atoms with E-state index in [0.717, 1.165) is 12.6 Å². The molecule has 0 saturated carbocycles. The van der Waals surface area contributed by atoms with Gasteiger partial charge in [0.05, 0.1) is 11.8 Å². The molecule has 0 bridgehead atoms. The second kappa shape index (κ2) is 4.79. The first-order valence-corrected chi connectivity index (χ1v) is 5.75. The minimum Gasteiger partial charge on any atom is -0.334 e. The van der Waals surface area contributed by atoms with Crippen LogP contribution in [-0.4, -0.2) is 34.9 Å². The van der Waals surface area contributed by atoms with Crippen LogP contribution >= 0.6 is 0 Å². The topological polar surface area (TPSA) is 59.2 Å². The number of hydrogen-bond donors (Lipinski definition) is 1. The van der Waals surface area contributed by atoms with Gasteiger partial charge in [-0.3, -0.25) is 9.78 Å². The van der Waals surface area contributed by atoms with Crippen LogP contribution in [0.25, 0.3) is 0 Å². The molecule has 17 heavy (non-hydrogen) atoms. The van der Waals surface area contributed by atoms with Crippen molar-refractivity contribution in [2.24, 2.45) is 11.7 Å². The Labute approximate surface area is 99.6 Å². The standard InChI is InChI=1S/C12H16FN3O/c1-8-3-5-16(11(8)6-14)12(17)9-2-4-15-7-10(9)13/h2,4,7-8,11H,3,5-6,14H2,1H3. The number of nitrogens with zero attached hydrogens (tertiary/aromatic N) is 2. The molecule has 2 rings (SSSR count). The molecule has 0 radical (unpaired) electrons. The molecular weight excluding hydrogens is 221 g/mol. The van der Waals surface area contributed by atoms with E-state index in [-0.39, 0.29) is 17.5 Å². The van der Waals surface area contributed by atoms with E-state index >= 15 is 0 Å². The molecule has 2 atom stereocenters. The fraction of sp³-hybridized carbons (Fsp3) is 0.500. The Morgan fingerprint density at radius 2 is 2.47 bits per heavy atom. The summed E-state index contributed by atoms with van der Waals surface area (Å²) in [4.78, 5) is 17.5. The lowest BCUT2D eigenvalue weighted by Crippen LogP contribution is -2.42. The van der Waals surface area contributed by atoms with Crippen molar-refractivity contribution in [2.75, 3.05) is 13.1 Å². The van der Waals surface area contributed by atoms with Crippen molar-refractivity contribution in [3.05, 3.63) is 29.8 Å². The highest BCUT2D eigenvalue weighted by Crippen LogP contribution is 2.25. The molecule has 1 saturated heterocycles. The number of aromatic nitrogens is 1. The third kappa shape index (κ3) is 2.15. The van der Waals surface area contributed by atoms with Crippen LogP contribution in [0.2, 0.25) is 0 Å². The minimum atomic E-state index is -0.576. The predicted molar refractivity (Wildman–Crippen MR) is 61.9 cm³/mol. The second-order valence-corrected chi connectivity index (χ2v) is 4.42. The number of halogens is 1. The lowest BCUT2D eigenvalue weighted by atomic mass is 10.0. The molecule has 1 amide bonds. The van der Waals surface area contributed by atoms with Crippen LogP contribution in [0.15, 0.2) is 18.5 Å². The van der Waals surface area contributed by atoms with Gasteiger partial charge in [-0.1, -0.05) is 6.92 Å². The highest BCUT2D eigenvalue weighted by atomic mass is 19.1. The summed E-state index contributed by atoms with van der Waals surface area (Å²) in [5.41, 5.74) is 5.74. The third-order valence-electron chi connectivity index (χ3n) is 3.39. The molecule has 1 aromatic heterocycles. The van der Waals surface area contributed by atoms with Crippen LogP contribution in [0.3, 0.4) is 0 Å². The first kappa shape index (κ1) is 12.0. The fourth-order valence-corrected chi connectivity index (χ4v) is 2.32. The van der Waals surface area contributed by atoms with Gasteiger partial charge in [0.25, 0.3) is 5.91 Å². The number of nitrogens with two attached hydrogens (primary N) is 1. The van der Waals surface area contributed by atoms with E-state index in [1.807, 2.05) is 0 Å². The first-order valence-electron chi connectivity index (χ1n) is 5.75. The number of carbonyl (C=O) groups is 1. The van der Waals surface area contributed by atoms with E-state index in [0.29, 0.717) is 19.0 Å². The zero-order chi connectivity index (χ0) is 12.4. The molecule has 1 aromatic rings. The number of rotatable bonds is 2. The largest absolute Gasteiger partial charge is 0.334 e. The zero-order valence-electron chi connectivity index (χ0n) is 9.77. The Bertz CT molecular complexity index is 424. The van der Waals surface area contributed by atoms with Gasteiger partial charge in [0, 0.05) is 25.3 Å². The van der Waals surface area contributed by atoms with Crippen molar-refractivity contribution in [3.8, 4) is 0 Å². The lowest BCUT2D eigenvalue weighted by Gasteiger charge is -2.25. The van der Waals surface area contributed by atoms with Gasteiger partial charge in [-0.2, -0.15) is 0 Å². The molecule has 2 N–H and O–H groups in total. The average Bonchev–Trinajstić information content (AvgIpc) is 2.70. The van der Waals surface area contributed by atoms with E-state index in [4.69, 9.17) is 5.73 Å². The van der Waals surface area contributed by atoms with Crippen LogP contribution in [0.1, 0.15) is 23.7 Å². The van der Waals surface area contributed by atoms with Gasteiger partial charge >= 0.3 is 0 Å². The molecule has 0 spiro atoms. The van der Waals surface area contributed by atoms with Gasteiger partial charge in [0.1, 0.15) is 0 Å². The van der Waals surface area contributed by atoms with Gasteiger partial charge in [0.15, 0.2) is 5.82 Å². The van der Waals surface area contributed by atoms with Crippen molar-refractivity contribution in [2.45, 2.75) is 19.4 Å². The fourth-order valence-electron chi connectivity index (χ4n) is 2.32. The van der Waals surface area contributed by atoms with E-state index in [9.17, 15) is 9.18 Å². The summed E-state index contributed by atoms with van der Waals surface area (Å²) in [6.07, 6.45) is 3.40. The quantitative estimate of drug-likeness (QED) is 0.835.